The fourth-order valence-electron chi connectivity index (χ4n) is 2.35. The second-order valence-electron chi connectivity index (χ2n) is 6.63. The Morgan fingerprint density at radius 2 is 1.58 bits per heavy atom. The fraction of sp³-hybridized carbons (Fsp3) is 0.263. The highest BCUT2D eigenvalue weighted by atomic mass is 32.2. The van der Waals surface area contributed by atoms with Crippen molar-refractivity contribution in [1.29, 1.82) is 0 Å². The smallest absolute Gasteiger partial charge is 0.324 e. The number of nitrogens with zero attached hydrogens (tertiary/aromatic N) is 1. The van der Waals surface area contributed by atoms with Crippen LogP contribution >= 0.6 is 0 Å². The Balaban J connectivity index is 1.93. The molecule has 0 saturated heterocycles. The summed E-state index contributed by atoms with van der Waals surface area (Å²) in [6.45, 7) is 0.608. The van der Waals surface area contributed by atoms with Crippen LogP contribution in [0.3, 0.4) is 0 Å². The van der Waals surface area contributed by atoms with E-state index in [1.807, 2.05) is 0 Å². The minimum atomic E-state index is -3.93. The summed E-state index contributed by atoms with van der Waals surface area (Å²) < 4.78 is 56.9. The van der Waals surface area contributed by atoms with E-state index >= 15 is 0 Å². The molecule has 2 aromatic carbocycles. The third-order valence-corrected chi connectivity index (χ3v) is 7.35. The molecule has 0 fully saturated rings. The Labute approximate surface area is 181 Å². The normalized spacial score (nSPS) is 12.9. The zero-order valence-corrected chi connectivity index (χ0v) is 18.7. The molecule has 0 heterocycles. The highest BCUT2D eigenvalue weighted by Gasteiger charge is 2.23. The average Bonchev–Trinajstić information content (AvgIpc) is 2.72. The molecule has 0 radical (unpaired) electrons. The minimum Gasteiger partial charge on any atom is -0.454 e. The lowest BCUT2D eigenvalue weighted by Gasteiger charge is -2.14. The van der Waals surface area contributed by atoms with Crippen LogP contribution in [0.15, 0.2) is 64.4 Å². The molecule has 0 spiro atoms. The van der Waals surface area contributed by atoms with Gasteiger partial charge in [-0.15, -0.1) is 0 Å². The van der Waals surface area contributed by atoms with Gasteiger partial charge in [-0.1, -0.05) is 24.3 Å². The lowest BCUT2D eigenvalue weighted by atomic mass is 10.3. The van der Waals surface area contributed by atoms with Crippen molar-refractivity contribution in [2.45, 2.75) is 22.8 Å². The van der Waals surface area contributed by atoms with Crippen LogP contribution in [-0.4, -0.2) is 59.8 Å². The maximum absolute atomic E-state index is 12.2. The molecule has 0 aromatic heterocycles. The maximum Gasteiger partial charge on any atom is 0.324 e. The number of esters is 1. The molecule has 31 heavy (non-hydrogen) atoms. The van der Waals surface area contributed by atoms with Crippen LogP contribution in [0.1, 0.15) is 6.92 Å². The van der Waals surface area contributed by atoms with Gasteiger partial charge in [-0.25, -0.2) is 21.1 Å². The molecule has 2 rings (SSSR count). The molecule has 1 atom stereocenters. The van der Waals surface area contributed by atoms with Crippen molar-refractivity contribution in [3.8, 4) is 0 Å². The van der Waals surface area contributed by atoms with Crippen LogP contribution in [0, 0.1) is 0 Å². The molecule has 0 aliphatic rings. The van der Waals surface area contributed by atoms with Gasteiger partial charge >= 0.3 is 5.97 Å². The quantitative estimate of drug-likeness (QED) is 0.518. The lowest BCUT2D eigenvalue weighted by Crippen LogP contribution is -2.40. The van der Waals surface area contributed by atoms with Crippen LogP contribution in [0.2, 0.25) is 0 Å². The highest BCUT2D eigenvalue weighted by molar-refractivity contribution is 7.89. The Morgan fingerprint density at radius 1 is 0.968 bits per heavy atom. The second-order valence-corrected chi connectivity index (χ2v) is 10.5. The first-order valence-corrected chi connectivity index (χ1v) is 11.9. The van der Waals surface area contributed by atoms with E-state index in [0.29, 0.717) is 0 Å². The molecule has 0 saturated carbocycles. The van der Waals surface area contributed by atoms with Crippen molar-refractivity contribution in [2.75, 3.05) is 26.0 Å². The molecule has 1 unspecified atom stereocenters. The van der Waals surface area contributed by atoms with Gasteiger partial charge in [-0.05, 0) is 37.3 Å². The van der Waals surface area contributed by atoms with Crippen molar-refractivity contribution in [2.24, 2.45) is 0 Å². The topological polar surface area (TPSA) is 139 Å². The predicted molar refractivity (Wildman–Crippen MR) is 113 cm³/mol. The van der Waals surface area contributed by atoms with Gasteiger partial charge in [0.2, 0.25) is 20.0 Å². The van der Waals surface area contributed by atoms with Crippen LogP contribution in [0.25, 0.3) is 0 Å². The molecular weight excluding hydrogens is 446 g/mol. The summed E-state index contributed by atoms with van der Waals surface area (Å²) in [4.78, 5) is 24.1. The first kappa shape index (κ1) is 24.5. The first-order chi connectivity index (χ1) is 14.4. The second kappa shape index (κ2) is 10.0. The Morgan fingerprint density at radius 3 is 2.19 bits per heavy atom. The monoisotopic (exact) mass is 469 g/mol. The summed E-state index contributed by atoms with van der Waals surface area (Å²) in [5.41, 5.74) is 0.196. The van der Waals surface area contributed by atoms with E-state index in [2.05, 4.69) is 10.0 Å². The zero-order chi connectivity index (χ0) is 23.2. The van der Waals surface area contributed by atoms with Crippen molar-refractivity contribution >= 4 is 37.6 Å². The number of sulfonamides is 2. The van der Waals surface area contributed by atoms with E-state index in [4.69, 9.17) is 4.74 Å². The van der Waals surface area contributed by atoms with Gasteiger partial charge in [-0.2, -0.15) is 4.72 Å². The SMILES string of the molecule is CC(NS(=O)(=O)c1ccccc1)C(=O)OCC(=O)Nc1cccc(S(=O)(=O)N(C)C)c1. The standard InChI is InChI=1S/C19H23N3O7S2/c1-14(21-30(25,26)16-9-5-4-6-10-16)19(24)29-13-18(23)20-15-8-7-11-17(12-15)31(27,28)22(2)3/h4-12,14,21H,13H2,1-3H3,(H,20,23). The number of anilines is 1. The van der Waals surface area contributed by atoms with Gasteiger partial charge in [0.15, 0.2) is 6.61 Å². The zero-order valence-electron chi connectivity index (χ0n) is 17.1. The largest absolute Gasteiger partial charge is 0.454 e. The van der Waals surface area contributed by atoms with E-state index in [0.717, 1.165) is 4.31 Å². The summed E-state index contributed by atoms with van der Waals surface area (Å²) in [6, 6.07) is 11.8. The fourth-order valence-corrected chi connectivity index (χ4v) is 4.51. The molecule has 168 valence electrons. The van der Waals surface area contributed by atoms with Crippen molar-refractivity contribution in [1.82, 2.24) is 9.03 Å². The number of ether oxygens (including phenoxy) is 1. The van der Waals surface area contributed by atoms with Crippen LogP contribution in [0.5, 0.6) is 0 Å². The molecule has 2 aromatic rings. The molecule has 10 nitrogen and oxygen atoms in total. The lowest BCUT2D eigenvalue weighted by molar-refractivity contribution is -0.148. The van der Waals surface area contributed by atoms with Gasteiger partial charge in [0.05, 0.1) is 9.79 Å². The third-order valence-electron chi connectivity index (χ3n) is 3.98. The molecular formula is C19H23N3O7S2. The summed E-state index contributed by atoms with van der Waals surface area (Å²) in [7, 11) is -4.85. The summed E-state index contributed by atoms with van der Waals surface area (Å²) >= 11 is 0. The number of hydrogen-bond donors (Lipinski definition) is 2. The molecule has 0 bridgehead atoms. The van der Waals surface area contributed by atoms with E-state index < -0.39 is 44.6 Å². The molecule has 1 amide bonds. The van der Waals surface area contributed by atoms with Gasteiger partial charge < -0.3 is 10.1 Å². The number of amides is 1. The summed E-state index contributed by atoms with van der Waals surface area (Å²) in [6.07, 6.45) is 0. The number of nitrogens with one attached hydrogen (secondary N) is 2. The highest BCUT2D eigenvalue weighted by Crippen LogP contribution is 2.18. The summed E-state index contributed by atoms with van der Waals surface area (Å²) in [5, 5.41) is 2.42. The van der Waals surface area contributed by atoms with Gasteiger partial charge in [-0.3, -0.25) is 9.59 Å². The molecule has 2 N–H and O–H groups in total. The van der Waals surface area contributed by atoms with Gasteiger partial charge in [0.25, 0.3) is 5.91 Å². The van der Waals surface area contributed by atoms with Crippen molar-refractivity contribution < 1.29 is 31.2 Å². The number of benzene rings is 2. The third kappa shape index (κ3) is 6.59. The van der Waals surface area contributed by atoms with E-state index in [1.54, 1.807) is 18.2 Å². The average molecular weight is 470 g/mol. The Hall–Kier alpha value is -2.80. The first-order valence-electron chi connectivity index (χ1n) is 9.00. The summed E-state index contributed by atoms with van der Waals surface area (Å²) in [5.74, 6) is -1.66. The van der Waals surface area contributed by atoms with E-state index in [1.165, 1.54) is 57.4 Å². The van der Waals surface area contributed by atoms with Crippen LogP contribution in [0.4, 0.5) is 5.69 Å². The molecule has 0 aliphatic heterocycles. The molecule has 12 heteroatoms. The van der Waals surface area contributed by atoms with Crippen molar-refractivity contribution in [3.05, 3.63) is 54.6 Å². The van der Waals surface area contributed by atoms with E-state index in [-0.39, 0.29) is 15.5 Å². The van der Waals surface area contributed by atoms with E-state index in [9.17, 15) is 26.4 Å². The maximum atomic E-state index is 12.2. The number of hydrogen-bond acceptors (Lipinski definition) is 7. The number of carbonyl (C=O) groups excluding carboxylic acids is 2. The minimum absolute atomic E-state index is 0.0139. The Bertz CT molecular complexity index is 1150. The van der Waals surface area contributed by atoms with Crippen molar-refractivity contribution in [3.63, 3.8) is 0 Å². The molecule has 0 aliphatic carbocycles. The number of rotatable bonds is 9. The van der Waals surface area contributed by atoms with Crippen LogP contribution < -0.4 is 10.0 Å². The Kier molecular flexibility index (Phi) is 7.90. The number of carbonyl (C=O) groups is 2. The predicted octanol–water partition coefficient (Wildman–Crippen LogP) is 0.786. The van der Waals surface area contributed by atoms with Gasteiger partial charge in [0, 0.05) is 19.8 Å². The van der Waals surface area contributed by atoms with Crippen LogP contribution in [-0.2, 0) is 34.4 Å². The van der Waals surface area contributed by atoms with Gasteiger partial charge in [0.1, 0.15) is 6.04 Å².